The molecule has 0 aromatic rings. The molecule has 0 aromatic heterocycles. The van der Waals surface area contributed by atoms with Gasteiger partial charge in [-0.15, -0.1) is 0 Å². The van der Waals surface area contributed by atoms with Crippen molar-refractivity contribution in [3.8, 4) is 0 Å². The van der Waals surface area contributed by atoms with Gasteiger partial charge in [0.05, 0.1) is 5.41 Å². The van der Waals surface area contributed by atoms with Gasteiger partial charge in [0.2, 0.25) is 0 Å². The molecule has 1 unspecified atom stereocenters. The molecular weight excluding hydrogens is 208 g/mol. The maximum Gasteiger partial charge on any atom is 0.310 e. The van der Waals surface area contributed by atoms with E-state index in [0.29, 0.717) is 5.92 Å². The third-order valence-corrected chi connectivity index (χ3v) is 4.91. The minimum atomic E-state index is -0.598. The molecule has 0 radical (unpaired) electrons. The Bertz CT molecular complexity index is 194. The molecule has 1 N–H and O–H groups in total. The average Bonchev–Trinajstić information content (AvgIpc) is 2.46. The molecule has 3 heteroatoms. The summed E-state index contributed by atoms with van der Waals surface area (Å²) in [4.78, 5) is 11.2. The van der Waals surface area contributed by atoms with Crippen LogP contribution in [0.2, 0.25) is 0 Å². The van der Waals surface area contributed by atoms with Crippen LogP contribution < -0.4 is 0 Å². The van der Waals surface area contributed by atoms with Gasteiger partial charge in [-0.1, -0.05) is 15.9 Å². The van der Waals surface area contributed by atoms with Crippen LogP contribution in [0.3, 0.4) is 0 Å². The lowest BCUT2D eigenvalue weighted by Gasteiger charge is -2.22. The van der Waals surface area contributed by atoms with E-state index in [1.807, 2.05) is 0 Å². The van der Waals surface area contributed by atoms with E-state index in [2.05, 4.69) is 15.9 Å². The lowest BCUT2D eigenvalue weighted by atomic mass is 9.84. The van der Waals surface area contributed by atoms with Crippen LogP contribution >= 0.6 is 15.9 Å². The Morgan fingerprint density at radius 3 is 2.18 bits per heavy atom. The highest BCUT2D eigenvalue weighted by Crippen LogP contribution is 2.57. The summed E-state index contributed by atoms with van der Waals surface area (Å²) in [5.74, 6) is 0.0328. The third kappa shape index (κ3) is 0.805. The number of alkyl halides is 1. The second-order valence-corrected chi connectivity index (χ2v) is 4.69. The molecule has 2 saturated carbocycles. The molecule has 62 valence electrons. The highest BCUT2D eigenvalue weighted by atomic mass is 79.9. The largest absolute Gasteiger partial charge is 0.481 e. The van der Waals surface area contributed by atoms with Crippen LogP contribution in [0.15, 0.2) is 0 Å². The first-order valence-electron chi connectivity index (χ1n) is 4.04. The minimum absolute atomic E-state index is 0.243. The van der Waals surface area contributed by atoms with Crippen LogP contribution in [-0.4, -0.2) is 15.9 Å². The highest BCUT2D eigenvalue weighted by Gasteiger charge is 2.57. The van der Waals surface area contributed by atoms with E-state index >= 15 is 0 Å². The zero-order valence-electron chi connectivity index (χ0n) is 6.22. The summed E-state index contributed by atoms with van der Waals surface area (Å²) in [7, 11) is 0. The van der Waals surface area contributed by atoms with Crippen molar-refractivity contribution < 1.29 is 9.90 Å². The zero-order valence-corrected chi connectivity index (χ0v) is 7.80. The highest BCUT2D eigenvalue weighted by molar-refractivity contribution is 9.09. The normalized spacial score (nSPS) is 48.1. The molecule has 0 saturated heterocycles. The van der Waals surface area contributed by atoms with E-state index in [4.69, 9.17) is 5.11 Å². The van der Waals surface area contributed by atoms with Gasteiger partial charge in [-0.25, -0.2) is 0 Å². The van der Waals surface area contributed by atoms with E-state index < -0.39 is 11.4 Å². The Balaban J connectivity index is 2.31. The van der Waals surface area contributed by atoms with Crippen LogP contribution in [0.4, 0.5) is 0 Å². The summed E-state index contributed by atoms with van der Waals surface area (Å²) in [5.41, 5.74) is -0.398. The van der Waals surface area contributed by atoms with Crippen LogP contribution in [0, 0.1) is 11.3 Å². The molecule has 0 heterocycles. The molecule has 2 nitrogen and oxygen atoms in total. The smallest absolute Gasteiger partial charge is 0.310 e. The molecule has 2 rings (SSSR count). The van der Waals surface area contributed by atoms with Crippen molar-refractivity contribution in [2.24, 2.45) is 11.3 Å². The van der Waals surface area contributed by atoms with Crippen LogP contribution in [0.5, 0.6) is 0 Å². The van der Waals surface area contributed by atoms with Gasteiger partial charge in [0.15, 0.2) is 0 Å². The fraction of sp³-hybridized carbons (Fsp3) is 0.875. The predicted octanol–water partition coefficient (Wildman–Crippen LogP) is 2.02. The lowest BCUT2D eigenvalue weighted by Crippen LogP contribution is -2.32. The van der Waals surface area contributed by atoms with Gasteiger partial charge in [-0.2, -0.15) is 0 Å². The van der Waals surface area contributed by atoms with E-state index in [0.717, 1.165) is 25.7 Å². The maximum absolute atomic E-state index is 11.0. The summed E-state index contributed by atoms with van der Waals surface area (Å²) >= 11 is 3.51. The zero-order chi connectivity index (χ0) is 8.06. The first-order chi connectivity index (χ1) is 5.17. The van der Waals surface area contributed by atoms with E-state index in [1.165, 1.54) is 0 Å². The van der Waals surface area contributed by atoms with Crippen LogP contribution in [0.25, 0.3) is 0 Å². The number of halogens is 1. The SMILES string of the molecule is O=C(O)C12CCC(CC1)C2Br. The molecule has 11 heavy (non-hydrogen) atoms. The van der Waals surface area contributed by atoms with E-state index in [9.17, 15) is 4.79 Å². The number of hydrogen-bond donors (Lipinski definition) is 1. The van der Waals surface area contributed by atoms with Gasteiger partial charge in [-0.3, -0.25) is 4.79 Å². The monoisotopic (exact) mass is 218 g/mol. The third-order valence-electron chi connectivity index (χ3n) is 3.29. The van der Waals surface area contributed by atoms with Crippen molar-refractivity contribution >= 4 is 21.9 Å². The molecule has 1 atom stereocenters. The van der Waals surface area contributed by atoms with Gasteiger partial charge in [-0.05, 0) is 31.6 Å². The Morgan fingerprint density at radius 2 is 2.00 bits per heavy atom. The Hall–Kier alpha value is -0.0500. The number of carbonyl (C=O) groups is 1. The van der Waals surface area contributed by atoms with Gasteiger partial charge >= 0.3 is 5.97 Å². The summed E-state index contributed by atoms with van der Waals surface area (Å²) in [6.45, 7) is 0. The minimum Gasteiger partial charge on any atom is -0.481 e. The fourth-order valence-electron chi connectivity index (χ4n) is 2.51. The topological polar surface area (TPSA) is 37.3 Å². The van der Waals surface area contributed by atoms with E-state index in [1.54, 1.807) is 0 Å². The van der Waals surface area contributed by atoms with Crippen LogP contribution in [-0.2, 0) is 4.79 Å². The molecular formula is C8H11BrO2. The van der Waals surface area contributed by atoms with Crippen molar-refractivity contribution in [1.29, 1.82) is 0 Å². The standard InChI is InChI=1S/C8H11BrO2/c9-6-5-1-3-8(6,4-2-5)7(10)11/h5-6H,1-4H2,(H,10,11). The molecule has 0 aromatic carbocycles. The molecule has 0 amide bonds. The van der Waals surface area contributed by atoms with Gasteiger partial charge in [0.1, 0.15) is 0 Å². The van der Waals surface area contributed by atoms with Crippen LogP contribution in [0.1, 0.15) is 25.7 Å². The molecule has 0 aliphatic heterocycles. The molecule has 2 fully saturated rings. The summed E-state index contributed by atoms with van der Waals surface area (Å²) in [5, 5.41) is 9.03. The predicted molar refractivity (Wildman–Crippen MR) is 44.7 cm³/mol. The fourth-order valence-corrected chi connectivity index (χ4v) is 3.69. The van der Waals surface area contributed by atoms with Crippen molar-refractivity contribution in [2.45, 2.75) is 30.5 Å². The first-order valence-corrected chi connectivity index (χ1v) is 4.96. The van der Waals surface area contributed by atoms with Crippen molar-refractivity contribution in [2.75, 3.05) is 0 Å². The first kappa shape index (κ1) is 7.59. The number of hydrogen-bond acceptors (Lipinski definition) is 1. The van der Waals surface area contributed by atoms with Gasteiger partial charge in [0.25, 0.3) is 0 Å². The van der Waals surface area contributed by atoms with Crippen molar-refractivity contribution in [1.82, 2.24) is 0 Å². The second-order valence-electron chi connectivity index (χ2n) is 3.70. The quantitative estimate of drug-likeness (QED) is 0.685. The molecule has 2 aliphatic carbocycles. The number of rotatable bonds is 1. The van der Waals surface area contributed by atoms with Crippen molar-refractivity contribution in [3.63, 3.8) is 0 Å². The number of fused-ring (bicyclic) bond motifs is 2. The molecule has 0 spiro atoms. The van der Waals surface area contributed by atoms with Gasteiger partial charge < -0.3 is 5.11 Å². The summed E-state index contributed by atoms with van der Waals surface area (Å²) in [6, 6.07) is 0. The molecule has 2 bridgehead atoms. The second kappa shape index (κ2) is 2.22. The summed E-state index contributed by atoms with van der Waals surface area (Å²) in [6.07, 6.45) is 3.95. The number of carboxylic acid groups (broad SMARTS) is 1. The van der Waals surface area contributed by atoms with Crippen molar-refractivity contribution in [3.05, 3.63) is 0 Å². The Labute approximate surface area is 74.1 Å². The average molecular weight is 219 g/mol. The maximum atomic E-state index is 11.0. The lowest BCUT2D eigenvalue weighted by molar-refractivity contribution is -0.147. The van der Waals surface area contributed by atoms with Gasteiger partial charge in [0, 0.05) is 4.83 Å². The summed E-state index contributed by atoms with van der Waals surface area (Å²) < 4.78 is 0. The number of aliphatic carboxylic acids is 1. The molecule has 2 aliphatic rings. The Morgan fingerprint density at radius 1 is 1.45 bits per heavy atom. The van der Waals surface area contributed by atoms with E-state index in [-0.39, 0.29) is 4.83 Å². The number of carboxylic acids is 1. The Kier molecular flexibility index (Phi) is 1.53.